The summed E-state index contributed by atoms with van der Waals surface area (Å²) in [6, 6.07) is 4.11. The van der Waals surface area contributed by atoms with Crippen LogP contribution in [-0.4, -0.2) is 26.3 Å². The third-order valence-corrected chi connectivity index (χ3v) is 2.83. The SMILES string of the molecule is CS(=O)(=O)NCC(O)c1cccc(C(F)(F)F)c1. The Morgan fingerprint density at radius 3 is 2.50 bits per heavy atom. The Kier molecular flexibility index (Phi) is 4.36. The van der Waals surface area contributed by atoms with E-state index in [1.165, 1.54) is 6.07 Å². The van der Waals surface area contributed by atoms with Crippen LogP contribution in [0.2, 0.25) is 0 Å². The van der Waals surface area contributed by atoms with E-state index in [0.717, 1.165) is 24.5 Å². The molecule has 0 aliphatic heterocycles. The summed E-state index contributed by atoms with van der Waals surface area (Å²) in [5, 5.41) is 9.58. The summed E-state index contributed by atoms with van der Waals surface area (Å²) >= 11 is 0. The third-order valence-electron chi connectivity index (χ3n) is 2.14. The van der Waals surface area contributed by atoms with E-state index in [4.69, 9.17) is 0 Å². The first-order valence-electron chi connectivity index (χ1n) is 4.89. The lowest BCUT2D eigenvalue weighted by molar-refractivity contribution is -0.137. The second kappa shape index (κ2) is 5.25. The van der Waals surface area contributed by atoms with E-state index in [-0.39, 0.29) is 12.1 Å². The van der Waals surface area contributed by atoms with Gasteiger partial charge in [-0.05, 0) is 17.7 Å². The van der Waals surface area contributed by atoms with Gasteiger partial charge in [0, 0.05) is 6.54 Å². The monoisotopic (exact) mass is 283 g/mol. The summed E-state index contributed by atoms with van der Waals surface area (Å²) in [4.78, 5) is 0. The lowest BCUT2D eigenvalue weighted by Gasteiger charge is -2.13. The lowest BCUT2D eigenvalue weighted by atomic mass is 10.1. The molecule has 18 heavy (non-hydrogen) atoms. The first kappa shape index (κ1) is 14.9. The maximum Gasteiger partial charge on any atom is 0.416 e. The molecule has 0 aliphatic carbocycles. The van der Waals surface area contributed by atoms with Crippen LogP contribution in [0.15, 0.2) is 24.3 Å². The zero-order chi connectivity index (χ0) is 14.0. The van der Waals surface area contributed by atoms with E-state index in [2.05, 4.69) is 0 Å². The number of aliphatic hydroxyl groups excluding tert-OH is 1. The van der Waals surface area contributed by atoms with Crippen LogP contribution in [0.4, 0.5) is 13.2 Å². The largest absolute Gasteiger partial charge is 0.416 e. The Morgan fingerprint density at radius 2 is 2.00 bits per heavy atom. The van der Waals surface area contributed by atoms with Gasteiger partial charge in [0.2, 0.25) is 10.0 Å². The lowest BCUT2D eigenvalue weighted by Crippen LogP contribution is -2.27. The summed E-state index contributed by atoms with van der Waals surface area (Å²) in [5.74, 6) is 0. The van der Waals surface area contributed by atoms with Crippen molar-refractivity contribution in [1.82, 2.24) is 4.72 Å². The van der Waals surface area contributed by atoms with Gasteiger partial charge in [-0.2, -0.15) is 13.2 Å². The van der Waals surface area contributed by atoms with Crippen molar-refractivity contribution in [2.24, 2.45) is 0 Å². The minimum atomic E-state index is -4.50. The van der Waals surface area contributed by atoms with Crippen LogP contribution < -0.4 is 4.72 Å². The van der Waals surface area contributed by atoms with Gasteiger partial charge in [0.25, 0.3) is 0 Å². The maximum atomic E-state index is 12.4. The van der Waals surface area contributed by atoms with Gasteiger partial charge in [0.05, 0.1) is 17.9 Å². The molecule has 0 spiro atoms. The molecule has 2 N–H and O–H groups in total. The van der Waals surface area contributed by atoms with Crippen molar-refractivity contribution < 1.29 is 26.7 Å². The molecule has 0 fully saturated rings. The minimum absolute atomic E-state index is 0.000903. The van der Waals surface area contributed by atoms with Gasteiger partial charge in [-0.25, -0.2) is 13.1 Å². The number of halogens is 3. The highest BCUT2D eigenvalue weighted by atomic mass is 32.2. The highest BCUT2D eigenvalue weighted by Gasteiger charge is 2.30. The number of alkyl halides is 3. The number of hydrogen-bond donors (Lipinski definition) is 2. The van der Waals surface area contributed by atoms with Gasteiger partial charge in [-0.3, -0.25) is 0 Å². The normalized spacial score (nSPS) is 14.5. The molecule has 0 saturated carbocycles. The highest BCUT2D eigenvalue weighted by Crippen LogP contribution is 2.30. The van der Waals surface area contributed by atoms with Gasteiger partial charge >= 0.3 is 6.18 Å². The summed E-state index contributed by atoms with van der Waals surface area (Å²) < 4.78 is 60.8. The molecule has 0 saturated heterocycles. The van der Waals surface area contributed by atoms with Crippen LogP contribution in [0, 0.1) is 0 Å². The van der Waals surface area contributed by atoms with Crippen molar-refractivity contribution in [3.8, 4) is 0 Å². The molecule has 4 nitrogen and oxygen atoms in total. The van der Waals surface area contributed by atoms with Crippen molar-refractivity contribution in [1.29, 1.82) is 0 Å². The molecule has 0 bridgehead atoms. The molecule has 1 rings (SSSR count). The Morgan fingerprint density at radius 1 is 1.39 bits per heavy atom. The maximum absolute atomic E-state index is 12.4. The second-order valence-corrected chi connectivity index (χ2v) is 5.59. The molecule has 0 radical (unpaired) electrons. The van der Waals surface area contributed by atoms with Crippen molar-refractivity contribution in [3.05, 3.63) is 35.4 Å². The fourth-order valence-corrected chi connectivity index (χ4v) is 1.73. The average molecular weight is 283 g/mol. The van der Waals surface area contributed by atoms with Crippen molar-refractivity contribution >= 4 is 10.0 Å². The molecule has 0 aromatic heterocycles. The van der Waals surface area contributed by atoms with Crippen LogP contribution in [0.1, 0.15) is 17.2 Å². The first-order chi connectivity index (χ1) is 8.09. The van der Waals surface area contributed by atoms with Gasteiger partial charge in [-0.1, -0.05) is 12.1 Å². The third kappa shape index (κ3) is 4.63. The highest BCUT2D eigenvalue weighted by molar-refractivity contribution is 7.88. The van der Waals surface area contributed by atoms with E-state index >= 15 is 0 Å². The van der Waals surface area contributed by atoms with Crippen LogP contribution in [0.25, 0.3) is 0 Å². The predicted molar refractivity (Wildman–Crippen MR) is 59.3 cm³/mol. The summed E-state index contributed by atoms with van der Waals surface area (Å²) in [5.41, 5.74) is -0.889. The molecule has 0 heterocycles. The number of aliphatic hydroxyl groups is 1. The zero-order valence-electron chi connectivity index (χ0n) is 9.40. The number of nitrogens with one attached hydrogen (secondary N) is 1. The Hall–Kier alpha value is -1.12. The van der Waals surface area contributed by atoms with Crippen LogP contribution >= 0.6 is 0 Å². The summed E-state index contributed by atoms with van der Waals surface area (Å²) in [6.07, 6.45) is -4.94. The fourth-order valence-electron chi connectivity index (χ4n) is 1.27. The Balaban J connectivity index is 2.84. The molecule has 1 unspecified atom stereocenters. The molecule has 1 aromatic carbocycles. The standard InChI is InChI=1S/C10H12F3NO3S/c1-18(16,17)14-6-9(15)7-3-2-4-8(5-7)10(11,12)13/h2-5,9,14-15H,6H2,1H3. The van der Waals surface area contributed by atoms with Gasteiger partial charge in [0.1, 0.15) is 0 Å². The van der Waals surface area contributed by atoms with Crippen LogP contribution in [0.5, 0.6) is 0 Å². The first-order valence-corrected chi connectivity index (χ1v) is 6.78. The smallest absolute Gasteiger partial charge is 0.387 e. The number of rotatable bonds is 4. The molecule has 0 aliphatic rings. The van der Waals surface area contributed by atoms with Crippen LogP contribution in [0.3, 0.4) is 0 Å². The number of hydrogen-bond acceptors (Lipinski definition) is 3. The molecular formula is C10H12F3NO3S. The van der Waals surface area contributed by atoms with Crippen molar-refractivity contribution in [2.75, 3.05) is 12.8 Å². The van der Waals surface area contributed by atoms with Crippen LogP contribution in [-0.2, 0) is 16.2 Å². The second-order valence-electron chi connectivity index (χ2n) is 3.76. The summed E-state index contributed by atoms with van der Waals surface area (Å²) in [6.45, 7) is -0.375. The van der Waals surface area contributed by atoms with E-state index < -0.39 is 27.9 Å². The van der Waals surface area contributed by atoms with Crippen molar-refractivity contribution in [3.63, 3.8) is 0 Å². The Labute approximate surface area is 102 Å². The Bertz CT molecular complexity index is 513. The fraction of sp³-hybridized carbons (Fsp3) is 0.400. The number of benzene rings is 1. The molecule has 8 heteroatoms. The predicted octanol–water partition coefficient (Wildman–Crippen LogP) is 1.29. The molecule has 1 atom stereocenters. The van der Waals surface area contributed by atoms with E-state index in [1.54, 1.807) is 0 Å². The van der Waals surface area contributed by atoms with Gasteiger partial charge in [-0.15, -0.1) is 0 Å². The van der Waals surface area contributed by atoms with Gasteiger partial charge in [0.15, 0.2) is 0 Å². The van der Waals surface area contributed by atoms with E-state index in [9.17, 15) is 26.7 Å². The molecule has 102 valence electrons. The van der Waals surface area contributed by atoms with Gasteiger partial charge < -0.3 is 5.11 Å². The van der Waals surface area contributed by atoms with Crippen molar-refractivity contribution in [2.45, 2.75) is 12.3 Å². The topological polar surface area (TPSA) is 66.4 Å². The molecular weight excluding hydrogens is 271 g/mol. The molecule has 0 amide bonds. The number of sulfonamides is 1. The zero-order valence-corrected chi connectivity index (χ0v) is 10.2. The average Bonchev–Trinajstić information content (AvgIpc) is 2.24. The van der Waals surface area contributed by atoms with E-state index in [0.29, 0.717) is 0 Å². The quantitative estimate of drug-likeness (QED) is 0.875. The minimum Gasteiger partial charge on any atom is -0.387 e. The van der Waals surface area contributed by atoms with E-state index in [1.807, 2.05) is 4.72 Å². The summed E-state index contributed by atoms with van der Waals surface area (Å²) in [7, 11) is -3.50. The molecule has 1 aromatic rings.